The van der Waals surface area contributed by atoms with Gasteiger partial charge >= 0.3 is 0 Å². The number of hydrogen-bond donors (Lipinski definition) is 1. The van der Waals surface area contributed by atoms with Crippen LogP contribution >= 0.6 is 15.9 Å². The van der Waals surface area contributed by atoms with E-state index in [2.05, 4.69) is 21.2 Å². The molecule has 0 saturated carbocycles. The van der Waals surface area contributed by atoms with E-state index in [9.17, 15) is 4.79 Å². The molecule has 0 saturated heterocycles. The highest BCUT2D eigenvalue weighted by molar-refractivity contribution is 9.10. The molecule has 0 aliphatic rings. The van der Waals surface area contributed by atoms with Crippen molar-refractivity contribution in [3.05, 3.63) is 64.1 Å². The maximum Gasteiger partial charge on any atom is 0.223 e. The molecule has 24 heavy (non-hydrogen) atoms. The van der Waals surface area contributed by atoms with E-state index in [1.807, 2.05) is 55.6 Å². The molecule has 0 aromatic heterocycles. The molecule has 0 unspecified atom stereocenters. The molecular formula is C19H23BrN2O2. The van der Waals surface area contributed by atoms with Gasteiger partial charge in [-0.3, -0.25) is 4.79 Å². The Kier molecular flexibility index (Phi) is 7.28. The Morgan fingerprint density at radius 2 is 1.79 bits per heavy atom. The lowest BCUT2D eigenvalue weighted by atomic mass is 10.2. The number of carbonyl (C=O) groups is 1. The fourth-order valence-electron chi connectivity index (χ4n) is 2.43. The molecule has 2 aromatic rings. The lowest BCUT2D eigenvalue weighted by molar-refractivity contribution is -0.130. The van der Waals surface area contributed by atoms with Gasteiger partial charge in [0.2, 0.25) is 5.91 Å². The predicted molar refractivity (Wildman–Crippen MR) is 99.9 cm³/mol. The van der Waals surface area contributed by atoms with Crippen LogP contribution in [0, 0.1) is 0 Å². The molecule has 2 rings (SSSR count). The van der Waals surface area contributed by atoms with E-state index >= 15 is 0 Å². The second-order valence-corrected chi connectivity index (χ2v) is 6.43. The van der Waals surface area contributed by atoms with Gasteiger partial charge in [-0.15, -0.1) is 0 Å². The van der Waals surface area contributed by atoms with Crippen LogP contribution in [0.2, 0.25) is 0 Å². The van der Waals surface area contributed by atoms with Crippen molar-refractivity contribution in [2.45, 2.75) is 19.5 Å². The molecule has 0 heterocycles. The van der Waals surface area contributed by atoms with E-state index in [-0.39, 0.29) is 5.91 Å². The second kappa shape index (κ2) is 9.45. The number of benzene rings is 2. The number of amides is 1. The first-order valence-electron chi connectivity index (χ1n) is 7.91. The summed E-state index contributed by atoms with van der Waals surface area (Å²) in [6.45, 7) is 1.93. The fraction of sp³-hybridized carbons (Fsp3) is 0.316. The summed E-state index contributed by atoms with van der Waals surface area (Å²) in [6.07, 6.45) is 0.468. The lowest BCUT2D eigenvalue weighted by Gasteiger charge is -2.18. The number of methoxy groups -OCH3 is 1. The number of ether oxygens (including phenoxy) is 1. The summed E-state index contributed by atoms with van der Waals surface area (Å²) in [4.78, 5) is 14.0. The van der Waals surface area contributed by atoms with E-state index in [0.717, 1.165) is 21.3 Å². The maximum absolute atomic E-state index is 12.2. The molecule has 0 atom stereocenters. The summed E-state index contributed by atoms with van der Waals surface area (Å²) < 4.78 is 6.35. The zero-order valence-electron chi connectivity index (χ0n) is 14.1. The molecule has 0 aliphatic carbocycles. The van der Waals surface area contributed by atoms with Crippen LogP contribution in [0.25, 0.3) is 0 Å². The minimum atomic E-state index is 0.123. The van der Waals surface area contributed by atoms with E-state index in [0.29, 0.717) is 26.1 Å². The van der Waals surface area contributed by atoms with Gasteiger partial charge in [0.25, 0.3) is 0 Å². The first kappa shape index (κ1) is 18.5. The lowest BCUT2D eigenvalue weighted by Crippen LogP contribution is -2.29. The minimum Gasteiger partial charge on any atom is -0.496 e. The van der Waals surface area contributed by atoms with Crippen molar-refractivity contribution in [1.29, 1.82) is 0 Å². The largest absolute Gasteiger partial charge is 0.496 e. The summed E-state index contributed by atoms with van der Waals surface area (Å²) in [7, 11) is 3.50. The Morgan fingerprint density at radius 1 is 1.12 bits per heavy atom. The number of halogens is 1. The van der Waals surface area contributed by atoms with Crippen molar-refractivity contribution < 1.29 is 9.53 Å². The van der Waals surface area contributed by atoms with Gasteiger partial charge in [0, 0.05) is 43.1 Å². The molecular weight excluding hydrogens is 368 g/mol. The van der Waals surface area contributed by atoms with Crippen molar-refractivity contribution >= 4 is 21.8 Å². The van der Waals surface area contributed by atoms with Gasteiger partial charge in [0.15, 0.2) is 0 Å². The molecule has 0 aliphatic heterocycles. The monoisotopic (exact) mass is 390 g/mol. The van der Waals surface area contributed by atoms with Crippen LogP contribution < -0.4 is 10.1 Å². The zero-order chi connectivity index (χ0) is 17.4. The molecule has 0 radical (unpaired) electrons. The first-order valence-corrected chi connectivity index (χ1v) is 8.71. The average molecular weight is 391 g/mol. The van der Waals surface area contributed by atoms with Crippen molar-refractivity contribution in [2.24, 2.45) is 0 Å². The zero-order valence-corrected chi connectivity index (χ0v) is 15.7. The SMILES string of the molecule is COc1ccccc1CNCCC(=O)N(C)Cc1ccccc1Br. The van der Waals surface area contributed by atoms with Crippen molar-refractivity contribution in [2.75, 3.05) is 20.7 Å². The molecule has 1 amide bonds. The highest BCUT2D eigenvalue weighted by Crippen LogP contribution is 2.18. The number of rotatable bonds is 8. The second-order valence-electron chi connectivity index (χ2n) is 5.58. The molecule has 128 valence electrons. The number of carbonyl (C=O) groups excluding carboxylic acids is 1. The molecule has 0 bridgehead atoms. The maximum atomic E-state index is 12.2. The highest BCUT2D eigenvalue weighted by atomic mass is 79.9. The Labute approximate surface area is 151 Å². The van der Waals surface area contributed by atoms with Gasteiger partial charge in [-0.25, -0.2) is 0 Å². The normalized spacial score (nSPS) is 10.5. The quantitative estimate of drug-likeness (QED) is 0.700. The third kappa shape index (κ3) is 5.35. The molecule has 4 nitrogen and oxygen atoms in total. The summed E-state index contributed by atoms with van der Waals surface area (Å²) >= 11 is 3.52. The van der Waals surface area contributed by atoms with Gasteiger partial charge in [0.1, 0.15) is 5.75 Å². The van der Waals surface area contributed by atoms with Gasteiger partial charge < -0.3 is 15.0 Å². The van der Waals surface area contributed by atoms with E-state index < -0.39 is 0 Å². The molecule has 2 aromatic carbocycles. The average Bonchev–Trinajstić information content (AvgIpc) is 2.60. The van der Waals surface area contributed by atoms with Crippen LogP contribution in [-0.4, -0.2) is 31.5 Å². The fourth-order valence-corrected chi connectivity index (χ4v) is 2.84. The standard InChI is InChI=1S/C19H23BrN2O2/c1-22(14-16-8-3-5-9-17(16)20)19(23)11-12-21-13-15-7-4-6-10-18(15)24-2/h3-10,21H,11-14H2,1-2H3. The third-order valence-corrected chi connectivity index (χ3v) is 4.59. The Morgan fingerprint density at radius 3 is 2.50 bits per heavy atom. The smallest absolute Gasteiger partial charge is 0.223 e. The van der Waals surface area contributed by atoms with Crippen LogP contribution in [0.4, 0.5) is 0 Å². The van der Waals surface area contributed by atoms with Crippen molar-refractivity contribution in [1.82, 2.24) is 10.2 Å². The van der Waals surface area contributed by atoms with Gasteiger partial charge in [-0.1, -0.05) is 52.3 Å². The van der Waals surface area contributed by atoms with E-state index in [4.69, 9.17) is 4.74 Å². The van der Waals surface area contributed by atoms with Crippen LogP contribution in [0.3, 0.4) is 0 Å². The van der Waals surface area contributed by atoms with Crippen LogP contribution in [0.1, 0.15) is 17.5 Å². The number of nitrogens with zero attached hydrogens (tertiary/aromatic N) is 1. The van der Waals surface area contributed by atoms with Gasteiger partial charge in [0.05, 0.1) is 7.11 Å². The van der Waals surface area contributed by atoms with Gasteiger partial charge in [-0.2, -0.15) is 0 Å². The summed E-state index contributed by atoms with van der Waals surface area (Å²) in [5.41, 5.74) is 2.20. The minimum absolute atomic E-state index is 0.123. The van der Waals surface area contributed by atoms with Gasteiger partial charge in [-0.05, 0) is 17.7 Å². The van der Waals surface area contributed by atoms with E-state index in [1.165, 1.54) is 0 Å². The third-order valence-electron chi connectivity index (χ3n) is 3.81. The topological polar surface area (TPSA) is 41.6 Å². The summed E-state index contributed by atoms with van der Waals surface area (Å²) in [5, 5.41) is 3.30. The molecule has 1 N–H and O–H groups in total. The first-order chi connectivity index (χ1) is 11.6. The molecule has 0 fully saturated rings. The Bertz CT molecular complexity index is 676. The summed E-state index contributed by atoms with van der Waals surface area (Å²) in [5.74, 6) is 0.987. The Hall–Kier alpha value is -1.85. The molecule has 0 spiro atoms. The highest BCUT2D eigenvalue weighted by Gasteiger charge is 2.10. The summed E-state index contributed by atoms with van der Waals surface area (Å²) in [6, 6.07) is 15.8. The van der Waals surface area contributed by atoms with Crippen LogP contribution in [0.5, 0.6) is 5.75 Å². The van der Waals surface area contributed by atoms with Crippen molar-refractivity contribution in [3.8, 4) is 5.75 Å². The van der Waals surface area contributed by atoms with Crippen LogP contribution in [-0.2, 0) is 17.9 Å². The number of para-hydroxylation sites is 1. The van der Waals surface area contributed by atoms with Crippen LogP contribution in [0.15, 0.2) is 53.0 Å². The number of hydrogen-bond acceptors (Lipinski definition) is 3. The van der Waals surface area contributed by atoms with E-state index in [1.54, 1.807) is 12.0 Å². The Balaban J connectivity index is 1.75. The number of nitrogens with one attached hydrogen (secondary N) is 1. The predicted octanol–water partition coefficient (Wildman–Crippen LogP) is 3.60. The van der Waals surface area contributed by atoms with Crippen molar-refractivity contribution in [3.63, 3.8) is 0 Å². The molecule has 5 heteroatoms.